The van der Waals surface area contributed by atoms with E-state index < -0.39 is 41.3 Å². The fourth-order valence-electron chi connectivity index (χ4n) is 3.10. The maximum Gasteiger partial charge on any atom is 0.418 e. The number of carbonyl (C=O) groups is 3. The predicted octanol–water partition coefficient (Wildman–Crippen LogP) is 3.73. The van der Waals surface area contributed by atoms with Crippen LogP contribution in [0.1, 0.15) is 36.7 Å². The lowest BCUT2D eigenvalue weighted by molar-refractivity contribution is -0.136. The molecule has 3 amide bonds. The second-order valence-electron chi connectivity index (χ2n) is 8.23. The van der Waals surface area contributed by atoms with Crippen LogP contribution in [0.2, 0.25) is 0 Å². The molecule has 0 aliphatic carbocycles. The standard InChI is InChI=1S/C20H23F3N4O5S/c1-19(2,3)32-18(30)27-7-5-26(6-8-27)17(29)31-13-9-12(20(21,22)23)15-14(25-13)11(10-33-15)16(28)24-4/h9-10H,5-8H2,1-4H3,(H,24,28). The number of fused-ring (bicyclic) bond motifs is 1. The van der Waals surface area contributed by atoms with Crippen molar-refractivity contribution in [2.24, 2.45) is 0 Å². The summed E-state index contributed by atoms with van der Waals surface area (Å²) in [6, 6.07) is 0.640. The van der Waals surface area contributed by atoms with Crippen molar-refractivity contribution in [2.45, 2.75) is 32.5 Å². The summed E-state index contributed by atoms with van der Waals surface area (Å²) in [5, 5.41) is 3.62. The third-order valence-electron chi connectivity index (χ3n) is 4.66. The molecule has 2 aromatic rings. The van der Waals surface area contributed by atoms with Gasteiger partial charge >= 0.3 is 18.4 Å². The molecule has 1 aliphatic heterocycles. The highest BCUT2D eigenvalue weighted by atomic mass is 32.1. The summed E-state index contributed by atoms with van der Waals surface area (Å²) in [5.41, 5.74) is -1.97. The molecular formula is C20H23F3N4O5S. The molecule has 1 N–H and O–H groups in total. The van der Waals surface area contributed by atoms with Crippen LogP contribution in [0.4, 0.5) is 22.8 Å². The minimum atomic E-state index is -4.74. The molecule has 0 aromatic carbocycles. The summed E-state index contributed by atoms with van der Waals surface area (Å²) >= 11 is 0.730. The van der Waals surface area contributed by atoms with Crippen LogP contribution in [0.25, 0.3) is 10.2 Å². The van der Waals surface area contributed by atoms with Crippen molar-refractivity contribution in [2.75, 3.05) is 33.2 Å². The zero-order valence-electron chi connectivity index (χ0n) is 18.4. The minimum Gasteiger partial charge on any atom is -0.444 e. The van der Waals surface area contributed by atoms with Gasteiger partial charge in [-0.2, -0.15) is 13.2 Å². The summed E-state index contributed by atoms with van der Waals surface area (Å²) < 4.78 is 51.0. The van der Waals surface area contributed by atoms with Gasteiger partial charge in [0.1, 0.15) is 5.60 Å². The zero-order chi connectivity index (χ0) is 24.6. The Morgan fingerprint density at radius 1 is 1.06 bits per heavy atom. The van der Waals surface area contributed by atoms with E-state index in [9.17, 15) is 27.6 Å². The average Bonchev–Trinajstić information content (AvgIpc) is 3.14. The van der Waals surface area contributed by atoms with Crippen molar-refractivity contribution in [3.05, 3.63) is 22.6 Å². The summed E-state index contributed by atoms with van der Waals surface area (Å²) in [5.74, 6) is -1.18. The first kappa shape index (κ1) is 24.6. The smallest absolute Gasteiger partial charge is 0.418 e. The fourth-order valence-corrected chi connectivity index (χ4v) is 4.12. The number of rotatable bonds is 2. The Bertz CT molecular complexity index is 1070. The van der Waals surface area contributed by atoms with E-state index in [2.05, 4.69) is 10.3 Å². The number of halogens is 3. The van der Waals surface area contributed by atoms with Crippen LogP contribution >= 0.6 is 11.3 Å². The molecule has 1 aliphatic rings. The van der Waals surface area contributed by atoms with Gasteiger partial charge in [-0.25, -0.2) is 14.6 Å². The molecule has 0 atom stereocenters. The minimum absolute atomic E-state index is 0.0492. The predicted molar refractivity (Wildman–Crippen MR) is 113 cm³/mol. The number of nitrogens with one attached hydrogen (secondary N) is 1. The summed E-state index contributed by atoms with van der Waals surface area (Å²) in [6.45, 7) is 5.77. The number of nitrogens with zero attached hydrogens (tertiary/aromatic N) is 3. The van der Waals surface area contributed by atoms with Crippen molar-refractivity contribution in [1.82, 2.24) is 20.1 Å². The average molecular weight is 488 g/mol. The van der Waals surface area contributed by atoms with Crippen LogP contribution in [0.3, 0.4) is 0 Å². The lowest BCUT2D eigenvalue weighted by Gasteiger charge is -2.34. The fraction of sp³-hybridized carbons (Fsp3) is 0.500. The molecule has 0 unspecified atom stereocenters. The topological polar surface area (TPSA) is 101 Å². The maximum atomic E-state index is 13.6. The van der Waals surface area contributed by atoms with Gasteiger partial charge in [0, 0.05) is 44.7 Å². The van der Waals surface area contributed by atoms with Gasteiger partial charge in [-0.15, -0.1) is 11.3 Å². The molecule has 33 heavy (non-hydrogen) atoms. The van der Waals surface area contributed by atoms with Crippen LogP contribution < -0.4 is 10.1 Å². The lowest BCUT2D eigenvalue weighted by Crippen LogP contribution is -2.52. The number of hydrogen-bond acceptors (Lipinski definition) is 7. The Morgan fingerprint density at radius 2 is 1.64 bits per heavy atom. The number of hydrogen-bond donors (Lipinski definition) is 1. The third kappa shape index (κ3) is 5.64. The Hall–Kier alpha value is -3.09. The highest BCUT2D eigenvalue weighted by molar-refractivity contribution is 7.17. The Kier molecular flexibility index (Phi) is 6.73. The molecule has 0 spiro atoms. The van der Waals surface area contributed by atoms with E-state index in [1.54, 1.807) is 20.8 Å². The molecule has 9 nitrogen and oxygen atoms in total. The van der Waals surface area contributed by atoms with Crippen LogP contribution in [0.5, 0.6) is 5.88 Å². The van der Waals surface area contributed by atoms with Crippen LogP contribution in [-0.2, 0) is 10.9 Å². The van der Waals surface area contributed by atoms with Crippen LogP contribution in [0.15, 0.2) is 11.4 Å². The van der Waals surface area contributed by atoms with Crippen molar-refractivity contribution in [3.8, 4) is 5.88 Å². The van der Waals surface area contributed by atoms with Crippen molar-refractivity contribution in [1.29, 1.82) is 0 Å². The largest absolute Gasteiger partial charge is 0.444 e. The van der Waals surface area contributed by atoms with E-state index in [-0.39, 0.29) is 42.0 Å². The number of thiophene rings is 1. The Labute approximate surface area is 191 Å². The third-order valence-corrected chi connectivity index (χ3v) is 5.66. The van der Waals surface area contributed by atoms with E-state index in [0.29, 0.717) is 6.07 Å². The van der Waals surface area contributed by atoms with Gasteiger partial charge < -0.3 is 24.6 Å². The quantitative estimate of drug-likeness (QED) is 0.692. The van der Waals surface area contributed by atoms with Gasteiger partial charge in [-0.3, -0.25) is 4.79 Å². The molecule has 0 bridgehead atoms. The highest BCUT2D eigenvalue weighted by Crippen LogP contribution is 2.40. The maximum absolute atomic E-state index is 13.6. The molecule has 0 saturated carbocycles. The van der Waals surface area contributed by atoms with Gasteiger partial charge in [-0.1, -0.05) is 0 Å². The van der Waals surface area contributed by atoms with E-state index in [1.165, 1.54) is 22.2 Å². The Balaban J connectivity index is 1.77. The second kappa shape index (κ2) is 9.04. The SMILES string of the molecule is CNC(=O)c1csc2c(C(F)(F)F)cc(OC(=O)N3CCN(C(=O)OC(C)(C)C)CC3)nc12. The molecule has 1 saturated heterocycles. The van der Waals surface area contributed by atoms with Crippen LogP contribution in [-0.4, -0.2) is 71.7 Å². The zero-order valence-corrected chi connectivity index (χ0v) is 19.2. The number of ether oxygens (including phenoxy) is 2. The first-order valence-corrected chi connectivity index (χ1v) is 10.8. The van der Waals surface area contributed by atoms with Gasteiger partial charge in [0.15, 0.2) is 0 Å². The molecule has 180 valence electrons. The van der Waals surface area contributed by atoms with Crippen molar-refractivity contribution < 1.29 is 37.0 Å². The summed E-state index contributed by atoms with van der Waals surface area (Å²) in [7, 11) is 1.34. The second-order valence-corrected chi connectivity index (χ2v) is 9.11. The molecule has 0 radical (unpaired) electrons. The summed E-state index contributed by atoms with van der Waals surface area (Å²) in [4.78, 5) is 43.4. The van der Waals surface area contributed by atoms with Gasteiger partial charge in [0.05, 0.1) is 21.3 Å². The molecular weight excluding hydrogens is 465 g/mol. The normalized spacial score (nSPS) is 14.9. The number of piperazine rings is 1. The molecule has 3 heterocycles. The molecule has 13 heteroatoms. The van der Waals surface area contributed by atoms with E-state index in [4.69, 9.17) is 9.47 Å². The number of amides is 3. The van der Waals surface area contributed by atoms with Gasteiger partial charge in [-0.05, 0) is 20.8 Å². The molecule has 3 rings (SSSR count). The first-order valence-electron chi connectivity index (χ1n) is 9.96. The van der Waals surface area contributed by atoms with Crippen molar-refractivity contribution in [3.63, 3.8) is 0 Å². The monoisotopic (exact) mass is 488 g/mol. The van der Waals surface area contributed by atoms with Gasteiger partial charge in [0.25, 0.3) is 5.91 Å². The van der Waals surface area contributed by atoms with E-state index in [0.717, 1.165) is 11.3 Å². The van der Waals surface area contributed by atoms with E-state index in [1.807, 2.05) is 0 Å². The van der Waals surface area contributed by atoms with Crippen molar-refractivity contribution >= 4 is 39.6 Å². The summed E-state index contributed by atoms with van der Waals surface area (Å²) in [6.07, 6.45) is -6.17. The van der Waals surface area contributed by atoms with Crippen LogP contribution in [0, 0.1) is 0 Å². The number of pyridine rings is 1. The van der Waals surface area contributed by atoms with Gasteiger partial charge in [0.2, 0.25) is 5.88 Å². The van der Waals surface area contributed by atoms with E-state index >= 15 is 0 Å². The Morgan fingerprint density at radius 3 is 2.15 bits per heavy atom. The molecule has 2 aromatic heterocycles. The molecule has 1 fully saturated rings. The number of alkyl halides is 3. The number of aromatic nitrogens is 1. The lowest BCUT2D eigenvalue weighted by atomic mass is 10.2. The number of carbonyl (C=O) groups excluding carboxylic acids is 3. The first-order chi connectivity index (χ1) is 15.3. The highest BCUT2D eigenvalue weighted by Gasteiger charge is 2.36.